The van der Waals surface area contributed by atoms with Crippen molar-refractivity contribution in [3.63, 3.8) is 0 Å². The summed E-state index contributed by atoms with van der Waals surface area (Å²) < 4.78 is 6.60. The lowest BCUT2D eigenvalue weighted by Gasteiger charge is -2.21. The van der Waals surface area contributed by atoms with E-state index in [-0.39, 0.29) is 18.1 Å². The predicted molar refractivity (Wildman–Crippen MR) is 80.2 cm³/mol. The van der Waals surface area contributed by atoms with Crippen LogP contribution in [0.1, 0.15) is 19.4 Å². The van der Waals surface area contributed by atoms with Crippen LogP contribution in [0.5, 0.6) is 5.75 Å². The maximum absolute atomic E-state index is 12.1. The molecule has 0 spiro atoms. The van der Waals surface area contributed by atoms with Crippen molar-refractivity contribution in [1.29, 1.82) is 0 Å². The van der Waals surface area contributed by atoms with Crippen molar-refractivity contribution in [3.05, 3.63) is 29.8 Å². The summed E-state index contributed by atoms with van der Waals surface area (Å²) in [6.07, 6.45) is 0.306. The molecule has 1 amide bonds. The van der Waals surface area contributed by atoms with Gasteiger partial charge >= 0.3 is 0 Å². The Bertz CT molecular complexity index is 409. The zero-order valence-corrected chi connectivity index (χ0v) is 12.8. The van der Waals surface area contributed by atoms with Gasteiger partial charge in [-0.05, 0) is 17.5 Å². The van der Waals surface area contributed by atoms with Crippen molar-refractivity contribution in [3.8, 4) is 5.75 Å². The molecule has 1 heterocycles. The van der Waals surface area contributed by atoms with E-state index < -0.39 is 0 Å². The van der Waals surface area contributed by atoms with Gasteiger partial charge in [-0.25, -0.2) is 0 Å². The first kappa shape index (κ1) is 13.6. The third kappa shape index (κ3) is 2.96. The number of hydrogen-bond donors (Lipinski definition) is 1. The molecule has 2 rings (SSSR count). The third-order valence-corrected chi connectivity index (χ3v) is 4.19. The third-order valence-electron chi connectivity index (χ3n) is 3.24. The van der Waals surface area contributed by atoms with Crippen molar-refractivity contribution in [1.82, 2.24) is 5.32 Å². The number of carbonyl (C=O) groups is 1. The van der Waals surface area contributed by atoms with Crippen molar-refractivity contribution < 1.29 is 9.53 Å². The minimum atomic E-state index is -0.369. The molecule has 2 unspecified atom stereocenters. The summed E-state index contributed by atoms with van der Waals surface area (Å²) in [4.78, 5) is 12.1. The van der Waals surface area contributed by atoms with Gasteiger partial charge in [-0.15, -0.1) is 0 Å². The minimum absolute atomic E-state index is 0.00145. The van der Waals surface area contributed by atoms with Gasteiger partial charge in [0.2, 0.25) is 0 Å². The van der Waals surface area contributed by atoms with E-state index in [4.69, 9.17) is 4.74 Å². The van der Waals surface area contributed by atoms with Crippen LogP contribution in [0.4, 0.5) is 0 Å². The van der Waals surface area contributed by atoms with Gasteiger partial charge in [0.25, 0.3) is 5.91 Å². The number of para-hydroxylation sites is 1. The number of benzene rings is 1. The van der Waals surface area contributed by atoms with E-state index in [1.807, 2.05) is 24.3 Å². The van der Waals surface area contributed by atoms with Crippen LogP contribution in [0.2, 0.25) is 0 Å². The highest BCUT2D eigenvalue weighted by Gasteiger charge is 2.30. The van der Waals surface area contributed by atoms with Crippen LogP contribution in [-0.2, 0) is 11.2 Å². The van der Waals surface area contributed by atoms with Crippen LogP contribution < -0.4 is 10.1 Å². The number of nitrogens with one attached hydrogen (secondary N) is 1. The number of fused-ring (bicyclic) bond motifs is 1. The van der Waals surface area contributed by atoms with Gasteiger partial charge in [0, 0.05) is 16.9 Å². The minimum Gasteiger partial charge on any atom is -0.480 e. The zero-order chi connectivity index (χ0) is 13.1. The second kappa shape index (κ2) is 5.91. The van der Waals surface area contributed by atoms with Gasteiger partial charge in [0.1, 0.15) is 5.75 Å². The first-order valence-electron chi connectivity index (χ1n) is 6.22. The molecule has 0 saturated heterocycles. The molecule has 18 heavy (non-hydrogen) atoms. The number of carbonyl (C=O) groups excluding carboxylic acids is 1. The first-order valence-corrected chi connectivity index (χ1v) is 7.75. The summed E-state index contributed by atoms with van der Waals surface area (Å²) in [6, 6.07) is 8.05. The first-order chi connectivity index (χ1) is 8.61. The molecule has 1 aromatic carbocycles. The Morgan fingerprint density at radius 2 is 2.22 bits per heavy atom. The van der Waals surface area contributed by atoms with Gasteiger partial charge in [-0.1, -0.05) is 54.6 Å². The Balaban J connectivity index is 1.97. The standard InChI is InChI=1S/C14H18INO2/c1-9(2)11(8-15)16-14(17)13-7-10-5-3-4-6-12(10)18-13/h3-6,9,11,13H,7-8H2,1-2H3,(H,16,17). The number of ether oxygens (including phenoxy) is 1. The Morgan fingerprint density at radius 3 is 2.83 bits per heavy atom. The Morgan fingerprint density at radius 1 is 1.50 bits per heavy atom. The molecule has 1 aliphatic rings. The number of alkyl halides is 1. The highest BCUT2D eigenvalue weighted by Crippen LogP contribution is 2.28. The average molecular weight is 359 g/mol. The summed E-state index contributed by atoms with van der Waals surface area (Å²) >= 11 is 2.31. The molecule has 0 aromatic heterocycles. The molecule has 1 aromatic rings. The normalized spacial score (nSPS) is 19.2. The van der Waals surface area contributed by atoms with Crippen molar-refractivity contribution in [2.45, 2.75) is 32.4 Å². The summed E-state index contributed by atoms with van der Waals surface area (Å²) in [7, 11) is 0. The molecule has 3 nitrogen and oxygen atoms in total. The summed E-state index contributed by atoms with van der Waals surface area (Å²) in [5.74, 6) is 1.28. The van der Waals surface area contributed by atoms with Crippen LogP contribution in [0, 0.1) is 5.92 Å². The van der Waals surface area contributed by atoms with E-state index in [1.165, 1.54) is 0 Å². The monoisotopic (exact) mass is 359 g/mol. The van der Waals surface area contributed by atoms with Crippen molar-refractivity contribution >= 4 is 28.5 Å². The van der Waals surface area contributed by atoms with E-state index in [0.29, 0.717) is 12.3 Å². The smallest absolute Gasteiger partial charge is 0.261 e. The molecule has 1 aliphatic heterocycles. The molecule has 0 bridgehead atoms. The molecule has 0 radical (unpaired) electrons. The largest absolute Gasteiger partial charge is 0.480 e. The van der Waals surface area contributed by atoms with Crippen LogP contribution in [0.3, 0.4) is 0 Å². The molecule has 4 heteroatoms. The molecule has 1 N–H and O–H groups in total. The molecule has 98 valence electrons. The SMILES string of the molecule is CC(C)C(CI)NC(=O)C1Cc2ccccc2O1. The predicted octanol–water partition coefficient (Wildman–Crippen LogP) is 2.57. The Hall–Kier alpha value is -0.780. The second-order valence-electron chi connectivity index (χ2n) is 4.93. The molecule has 0 saturated carbocycles. The summed E-state index contributed by atoms with van der Waals surface area (Å²) in [6.45, 7) is 4.24. The maximum Gasteiger partial charge on any atom is 0.261 e. The molecule has 2 atom stereocenters. The molecular formula is C14H18INO2. The fourth-order valence-electron chi connectivity index (χ4n) is 1.99. The fourth-order valence-corrected chi connectivity index (χ4v) is 3.22. The lowest BCUT2D eigenvalue weighted by atomic mass is 10.1. The number of hydrogen-bond acceptors (Lipinski definition) is 2. The van der Waals surface area contributed by atoms with Crippen LogP contribution in [0.15, 0.2) is 24.3 Å². The van der Waals surface area contributed by atoms with Gasteiger partial charge in [-0.2, -0.15) is 0 Å². The topological polar surface area (TPSA) is 38.3 Å². The van der Waals surface area contributed by atoms with Crippen LogP contribution >= 0.6 is 22.6 Å². The Kier molecular flexibility index (Phi) is 4.48. The van der Waals surface area contributed by atoms with Crippen LogP contribution in [-0.4, -0.2) is 22.5 Å². The van der Waals surface area contributed by atoms with Crippen LogP contribution in [0.25, 0.3) is 0 Å². The molecule has 0 aliphatic carbocycles. The van der Waals surface area contributed by atoms with Gasteiger partial charge in [0.15, 0.2) is 6.10 Å². The highest BCUT2D eigenvalue weighted by molar-refractivity contribution is 14.1. The van der Waals surface area contributed by atoms with Gasteiger partial charge in [0.05, 0.1) is 0 Å². The number of rotatable bonds is 4. The van der Waals surface area contributed by atoms with E-state index in [9.17, 15) is 4.79 Å². The lowest BCUT2D eigenvalue weighted by molar-refractivity contribution is -0.128. The van der Waals surface area contributed by atoms with E-state index >= 15 is 0 Å². The van der Waals surface area contributed by atoms with Crippen molar-refractivity contribution in [2.24, 2.45) is 5.92 Å². The summed E-state index contributed by atoms with van der Waals surface area (Å²) in [5.41, 5.74) is 1.12. The Labute approximate surface area is 121 Å². The quantitative estimate of drug-likeness (QED) is 0.663. The highest BCUT2D eigenvalue weighted by atomic mass is 127. The maximum atomic E-state index is 12.1. The summed E-state index contributed by atoms with van der Waals surface area (Å²) in [5, 5.41) is 3.07. The van der Waals surface area contributed by atoms with E-state index in [1.54, 1.807) is 0 Å². The number of amides is 1. The van der Waals surface area contributed by atoms with E-state index in [0.717, 1.165) is 15.7 Å². The van der Waals surface area contributed by atoms with Gasteiger partial charge < -0.3 is 10.1 Å². The van der Waals surface area contributed by atoms with E-state index in [2.05, 4.69) is 41.8 Å². The second-order valence-corrected chi connectivity index (χ2v) is 5.81. The molecular weight excluding hydrogens is 341 g/mol. The fraction of sp³-hybridized carbons (Fsp3) is 0.500. The average Bonchev–Trinajstić information content (AvgIpc) is 2.79. The number of halogens is 1. The van der Waals surface area contributed by atoms with Crippen molar-refractivity contribution in [2.75, 3.05) is 4.43 Å². The lowest BCUT2D eigenvalue weighted by Crippen LogP contribution is -2.46. The van der Waals surface area contributed by atoms with Gasteiger partial charge in [-0.3, -0.25) is 4.79 Å². The zero-order valence-electron chi connectivity index (χ0n) is 10.7. The molecule has 0 fully saturated rings.